The molecule has 1 saturated heterocycles. The Morgan fingerprint density at radius 2 is 1.96 bits per heavy atom. The first-order chi connectivity index (χ1) is 12.5. The van der Waals surface area contributed by atoms with Crippen molar-refractivity contribution in [3.05, 3.63) is 58.1 Å². The fourth-order valence-corrected chi connectivity index (χ4v) is 4.03. The van der Waals surface area contributed by atoms with E-state index in [4.69, 9.17) is 0 Å². The molecular weight excluding hydrogens is 416 g/mol. The van der Waals surface area contributed by atoms with E-state index in [9.17, 15) is 14.7 Å². The van der Waals surface area contributed by atoms with Gasteiger partial charge in [-0.2, -0.15) is 11.8 Å². The molecule has 7 heteroatoms. The third kappa shape index (κ3) is 4.59. The molecule has 5 nitrogen and oxygen atoms in total. The van der Waals surface area contributed by atoms with Crippen molar-refractivity contribution < 1.29 is 14.7 Å². The number of phenolic OH excluding ortho intramolecular Hbond substituents is 1. The molecule has 0 unspecified atom stereocenters. The number of rotatable bonds is 3. The smallest absolute Gasteiger partial charge is 0.257 e. The lowest BCUT2D eigenvalue weighted by molar-refractivity contribution is 0.0765. The van der Waals surface area contributed by atoms with Crippen LogP contribution in [0.15, 0.2) is 46.9 Å². The Kier molecular flexibility index (Phi) is 6.21. The van der Waals surface area contributed by atoms with Crippen LogP contribution in [-0.4, -0.2) is 46.4 Å². The SMILES string of the molecule is O=C(Nc1ccc(C(=O)N2CCCSCC2)c(O)c1)c1cccc(Br)c1. The molecule has 1 aliphatic heterocycles. The second-order valence-electron chi connectivity index (χ2n) is 5.95. The largest absolute Gasteiger partial charge is 0.507 e. The highest BCUT2D eigenvalue weighted by Crippen LogP contribution is 2.25. The number of aromatic hydroxyl groups is 1. The number of anilines is 1. The van der Waals surface area contributed by atoms with E-state index >= 15 is 0 Å². The minimum atomic E-state index is -0.283. The summed E-state index contributed by atoms with van der Waals surface area (Å²) >= 11 is 5.17. The predicted octanol–water partition coefficient (Wildman–Crippen LogP) is 3.99. The quantitative estimate of drug-likeness (QED) is 0.765. The number of amides is 2. The van der Waals surface area contributed by atoms with Crippen molar-refractivity contribution >= 4 is 45.2 Å². The zero-order valence-corrected chi connectivity index (χ0v) is 16.5. The van der Waals surface area contributed by atoms with Gasteiger partial charge in [-0.05, 0) is 42.5 Å². The fraction of sp³-hybridized carbons (Fsp3) is 0.263. The summed E-state index contributed by atoms with van der Waals surface area (Å²) in [5.41, 5.74) is 1.20. The molecule has 3 rings (SSSR count). The van der Waals surface area contributed by atoms with Crippen LogP contribution in [0.3, 0.4) is 0 Å². The molecule has 2 amide bonds. The molecule has 1 fully saturated rings. The fourth-order valence-electron chi connectivity index (χ4n) is 2.74. The van der Waals surface area contributed by atoms with Crippen LogP contribution in [0.4, 0.5) is 5.69 Å². The van der Waals surface area contributed by atoms with Crippen LogP contribution in [-0.2, 0) is 0 Å². The van der Waals surface area contributed by atoms with E-state index in [0.717, 1.165) is 22.4 Å². The van der Waals surface area contributed by atoms with Crippen molar-refractivity contribution in [2.24, 2.45) is 0 Å². The molecule has 1 aliphatic rings. The molecule has 0 spiro atoms. The van der Waals surface area contributed by atoms with E-state index in [2.05, 4.69) is 21.2 Å². The molecule has 2 aromatic carbocycles. The highest BCUT2D eigenvalue weighted by molar-refractivity contribution is 9.10. The van der Waals surface area contributed by atoms with Crippen LogP contribution < -0.4 is 5.32 Å². The van der Waals surface area contributed by atoms with E-state index in [0.29, 0.717) is 24.3 Å². The second kappa shape index (κ2) is 8.60. The molecule has 0 saturated carbocycles. The van der Waals surface area contributed by atoms with Crippen LogP contribution in [0.5, 0.6) is 5.75 Å². The Bertz CT molecular complexity index is 820. The van der Waals surface area contributed by atoms with Crippen molar-refractivity contribution in [1.82, 2.24) is 4.90 Å². The van der Waals surface area contributed by atoms with Crippen LogP contribution in [0, 0.1) is 0 Å². The van der Waals surface area contributed by atoms with Gasteiger partial charge in [0.25, 0.3) is 11.8 Å². The molecule has 26 heavy (non-hydrogen) atoms. The van der Waals surface area contributed by atoms with Crippen LogP contribution in [0.25, 0.3) is 0 Å². The molecule has 2 N–H and O–H groups in total. The Morgan fingerprint density at radius 1 is 1.12 bits per heavy atom. The molecule has 0 atom stereocenters. The summed E-state index contributed by atoms with van der Waals surface area (Å²) in [6, 6.07) is 11.6. The van der Waals surface area contributed by atoms with Gasteiger partial charge in [-0.15, -0.1) is 0 Å². The Morgan fingerprint density at radius 3 is 2.73 bits per heavy atom. The molecule has 1 heterocycles. The van der Waals surface area contributed by atoms with Crippen molar-refractivity contribution in [1.29, 1.82) is 0 Å². The lowest BCUT2D eigenvalue weighted by Gasteiger charge is -2.20. The monoisotopic (exact) mass is 434 g/mol. The Hall–Kier alpha value is -1.99. The van der Waals surface area contributed by atoms with E-state index in [-0.39, 0.29) is 23.1 Å². The van der Waals surface area contributed by atoms with Gasteiger partial charge in [0.1, 0.15) is 5.75 Å². The van der Waals surface area contributed by atoms with Crippen LogP contribution >= 0.6 is 27.7 Å². The van der Waals surface area contributed by atoms with Crippen LogP contribution in [0.2, 0.25) is 0 Å². The maximum absolute atomic E-state index is 12.6. The molecule has 0 bridgehead atoms. The van der Waals surface area contributed by atoms with E-state index in [1.165, 1.54) is 6.07 Å². The lowest BCUT2D eigenvalue weighted by Crippen LogP contribution is -2.33. The zero-order valence-electron chi connectivity index (χ0n) is 14.1. The number of carbonyl (C=O) groups is 2. The first-order valence-corrected chi connectivity index (χ1v) is 10.3. The van der Waals surface area contributed by atoms with Crippen molar-refractivity contribution in [3.63, 3.8) is 0 Å². The average Bonchev–Trinajstić information content (AvgIpc) is 2.91. The molecule has 0 aliphatic carbocycles. The number of carbonyl (C=O) groups excluding carboxylic acids is 2. The highest BCUT2D eigenvalue weighted by Gasteiger charge is 2.20. The van der Waals surface area contributed by atoms with Crippen LogP contribution in [0.1, 0.15) is 27.1 Å². The maximum atomic E-state index is 12.6. The number of nitrogens with one attached hydrogen (secondary N) is 1. The summed E-state index contributed by atoms with van der Waals surface area (Å²) < 4.78 is 0.810. The standard InChI is InChI=1S/C19H19BrN2O3S/c20-14-4-1-3-13(11-14)18(24)21-15-5-6-16(17(23)12-15)19(25)22-7-2-9-26-10-8-22/h1,3-6,11-12,23H,2,7-10H2,(H,21,24). The summed E-state index contributed by atoms with van der Waals surface area (Å²) in [5, 5.41) is 13.0. The van der Waals surface area contributed by atoms with Gasteiger partial charge in [-0.25, -0.2) is 0 Å². The third-order valence-electron chi connectivity index (χ3n) is 4.08. The normalized spacial score (nSPS) is 14.6. The summed E-state index contributed by atoms with van der Waals surface area (Å²) in [6.45, 7) is 1.39. The van der Waals surface area contributed by atoms with E-state index in [1.807, 2.05) is 17.8 Å². The topological polar surface area (TPSA) is 69.6 Å². The first-order valence-electron chi connectivity index (χ1n) is 8.31. The Balaban J connectivity index is 1.72. The second-order valence-corrected chi connectivity index (χ2v) is 8.09. The molecule has 0 radical (unpaired) electrons. The van der Waals surface area contributed by atoms with Gasteiger partial charge in [0, 0.05) is 40.6 Å². The van der Waals surface area contributed by atoms with Gasteiger partial charge < -0.3 is 15.3 Å². The lowest BCUT2D eigenvalue weighted by atomic mass is 10.1. The predicted molar refractivity (Wildman–Crippen MR) is 108 cm³/mol. The van der Waals surface area contributed by atoms with Gasteiger partial charge in [-0.1, -0.05) is 22.0 Å². The summed E-state index contributed by atoms with van der Waals surface area (Å²) in [6.07, 6.45) is 0.956. The number of hydrogen-bond donors (Lipinski definition) is 2. The summed E-state index contributed by atoms with van der Waals surface area (Å²) in [4.78, 5) is 26.7. The van der Waals surface area contributed by atoms with Gasteiger partial charge >= 0.3 is 0 Å². The van der Waals surface area contributed by atoms with E-state index < -0.39 is 0 Å². The minimum Gasteiger partial charge on any atom is -0.507 e. The number of hydrogen-bond acceptors (Lipinski definition) is 4. The molecule has 2 aromatic rings. The highest BCUT2D eigenvalue weighted by atomic mass is 79.9. The number of phenols is 1. The average molecular weight is 435 g/mol. The van der Waals surface area contributed by atoms with Crippen molar-refractivity contribution in [2.75, 3.05) is 29.9 Å². The van der Waals surface area contributed by atoms with Crippen molar-refractivity contribution in [3.8, 4) is 5.75 Å². The number of halogens is 1. The molecular formula is C19H19BrN2O3S. The van der Waals surface area contributed by atoms with Gasteiger partial charge in [-0.3, -0.25) is 9.59 Å². The Labute approximate surface area is 164 Å². The first kappa shape index (κ1) is 18.8. The minimum absolute atomic E-state index is 0.126. The molecule has 136 valence electrons. The number of benzene rings is 2. The summed E-state index contributed by atoms with van der Waals surface area (Å²) in [7, 11) is 0. The van der Waals surface area contributed by atoms with Crippen molar-refractivity contribution in [2.45, 2.75) is 6.42 Å². The summed E-state index contributed by atoms with van der Waals surface area (Å²) in [5.74, 6) is 1.38. The third-order valence-corrected chi connectivity index (χ3v) is 5.62. The van der Waals surface area contributed by atoms with E-state index in [1.54, 1.807) is 35.2 Å². The number of nitrogens with zero attached hydrogens (tertiary/aromatic N) is 1. The molecule has 0 aromatic heterocycles. The van der Waals surface area contributed by atoms with Gasteiger partial charge in [0.15, 0.2) is 0 Å². The maximum Gasteiger partial charge on any atom is 0.257 e. The van der Waals surface area contributed by atoms with Gasteiger partial charge in [0.05, 0.1) is 5.56 Å². The number of thioether (sulfide) groups is 1. The zero-order chi connectivity index (χ0) is 18.5. The van der Waals surface area contributed by atoms with Gasteiger partial charge in [0.2, 0.25) is 0 Å².